The number of aromatic nitrogens is 2. The number of nitrogens with zero attached hydrogens (tertiary/aromatic N) is 2. The first-order valence-corrected chi connectivity index (χ1v) is 5.87. The third-order valence-electron chi connectivity index (χ3n) is 2.71. The highest BCUT2D eigenvalue weighted by molar-refractivity contribution is 7.20. The molecule has 0 aliphatic carbocycles. The molecule has 2 rings (SSSR count). The van der Waals surface area contributed by atoms with Crippen LogP contribution in [0.3, 0.4) is 0 Å². The van der Waals surface area contributed by atoms with Crippen molar-refractivity contribution in [2.75, 3.05) is 0 Å². The summed E-state index contributed by atoms with van der Waals surface area (Å²) in [6.45, 7) is 6.60. The first-order valence-electron chi connectivity index (χ1n) is 4.67. The molecule has 76 valence electrons. The SMILES string of the molecule is CCC(C)(C)c1cn2cc(Cl)sc2n1. The van der Waals surface area contributed by atoms with Crippen molar-refractivity contribution in [1.29, 1.82) is 0 Å². The fourth-order valence-electron chi connectivity index (χ4n) is 1.27. The molecule has 0 bridgehead atoms. The lowest BCUT2D eigenvalue weighted by Gasteiger charge is -2.19. The smallest absolute Gasteiger partial charge is 0.195 e. The monoisotopic (exact) mass is 228 g/mol. The number of imidazole rings is 1. The van der Waals surface area contributed by atoms with Crippen molar-refractivity contribution < 1.29 is 0 Å². The van der Waals surface area contributed by atoms with Gasteiger partial charge in [-0.25, -0.2) is 4.98 Å². The molecule has 0 fully saturated rings. The summed E-state index contributed by atoms with van der Waals surface area (Å²) in [6, 6.07) is 0. The van der Waals surface area contributed by atoms with Crippen LogP contribution in [0.4, 0.5) is 0 Å². The van der Waals surface area contributed by atoms with Crippen molar-refractivity contribution in [3.05, 3.63) is 22.4 Å². The number of hydrogen-bond acceptors (Lipinski definition) is 2. The molecule has 0 aromatic carbocycles. The summed E-state index contributed by atoms with van der Waals surface area (Å²) in [6.07, 6.45) is 5.07. The maximum absolute atomic E-state index is 5.88. The fourth-order valence-corrected chi connectivity index (χ4v) is 2.28. The number of thiazole rings is 1. The summed E-state index contributed by atoms with van der Waals surface area (Å²) < 4.78 is 2.79. The van der Waals surface area contributed by atoms with E-state index in [2.05, 4.69) is 32.0 Å². The Kier molecular flexibility index (Phi) is 2.32. The van der Waals surface area contributed by atoms with E-state index in [9.17, 15) is 0 Å². The average molecular weight is 229 g/mol. The molecular formula is C10H13ClN2S. The van der Waals surface area contributed by atoms with Crippen LogP contribution in [-0.4, -0.2) is 9.38 Å². The Morgan fingerprint density at radius 1 is 1.50 bits per heavy atom. The quantitative estimate of drug-likeness (QED) is 0.766. The van der Waals surface area contributed by atoms with Crippen molar-refractivity contribution in [3.63, 3.8) is 0 Å². The third-order valence-corrected chi connectivity index (χ3v) is 3.82. The van der Waals surface area contributed by atoms with Crippen LogP contribution in [0.15, 0.2) is 12.4 Å². The van der Waals surface area contributed by atoms with E-state index in [-0.39, 0.29) is 5.41 Å². The van der Waals surface area contributed by atoms with Gasteiger partial charge < -0.3 is 0 Å². The van der Waals surface area contributed by atoms with Crippen molar-refractivity contribution in [2.24, 2.45) is 0 Å². The second kappa shape index (κ2) is 3.24. The van der Waals surface area contributed by atoms with Gasteiger partial charge in [-0.1, -0.05) is 43.7 Å². The van der Waals surface area contributed by atoms with Gasteiger partial charge in [0.1, 0.15) is 4.34 Å². The van der Waals surface area contributed by atoms with E-state index in [0.29, 0.717) is 0 Å². The molecule has 0 saturated carbocycles. The van der Waals surface area contributed by atoms with Crippen LogP contribution >= 0.6 is 22.9 Å². The minimum atomic E-state index is 0.151. The maximum atomic E-state index is 5.88. The Labute approximate surface area is 92.5 Å². The Morgan fingerprint density at radius 2 is 2.21 bits per heavy atom. The van der Waals surface area contributed by atoms with E-state index in [1.165, 1.54) is 11.3 Å². The van der Waals surface area contributed by atoms with E-state index < -0.39 is 0 Å². The molecule has 0 radical (unpaired) electrons. The van der Waals surface area contributed by atoms with E-state index in [4.69, 9.17) is 11.6 Å². The summed E-state index contributed by atoms with van der Waals surface area (Å²) in [5.74, 6) is 0. The number of fused-ring (bicyclic) bond motifs is 1. The molecule has 0 aliphatic heterocycles. The molecule has 2 heterocycles. The molecule has 0 spiro atoms. The Balaban J connectivity index is 2.50. The number of hydrogen-bond donors (Lipinski definition) is 0. The van der Waals surface area contributed by atoms with Crippen molar-refractivity contribution >= 4 is 27.9 Å². The summed E-state index contributed by atoms with van der Waals surface area (Å²) in [4.78, 5) is 5.55. The normalized spacial score (nSPS) is 12.6. The molecule has 2 aromatic rings. The Morgan fingerprint density at radius 3 is 2.79 bits per heavy atom. The van der Waals surface area contributed by atoms with Crippen LogP contribution in [0.1, 0.15) is 32.9 Å². The summed E-state index contributed by atoms with van der Waals surface area (Å²) >= 11 is 7.40. The van der Waals surface area contributed by atoms with E-state index in [1.807, 2.05) is 10.6 Å². The van der Waals surface area contributed by atoms with E-state index >= 15 is 0 Å². The summed E-state index contributed by atoms with van der Waals surface area (Å²) in [5.41, 5.74) is 1.29. The van der Waals surface area contributed by atoms with Crippen molar-refractivity contribution in [1.82, 2.24) is 9.38 Å². The Bertz CT molecular complexity index is 424. The molecule has 2 aromatic heterocycles. The van der Waals surface area contributed by atoms with Crippen LogP contribution in [0.5, 0.6) is 0 Å². The van der Waals surface area contributed by atoms with Gasteiger partial charge in [0.25, 0.3) is 0 Å². The van der Waals surface area contributed by atoms with Gasteiger partial charge in [0.15, 0.2) is 4.96 Å². The van der Waals surface area contributed by atoms with Gasteiger partial charge in [-0.05, 0) is 6.42 Å². The molecule has 14 heavy (non-hydrogen) atoms. The van der Waals surface area contributed by atoms with Crippen LogP contribution in [-0.2, 0) is 5.41 Å². The summed E-state index contributed by atoms with van der Waals surface area (Å²) in [5, 5.41) is 0. The zero-order valence-corrected chi connectivity index (χ0v) is 10.1. The Hall–Kier alpha value is -0.540. The van der Waals surface area contributed by atoms with Gasteiger partial charge >= 0.3 is 0 Å². The zero-order valence-electron chi connectivity index (χ0n) is 8.54. The highest BCUT2D eigenvalue weighted by Crippen LogP contribution is 2.29. The minimum absolute atomic E-state index is 0.151. The fraction of sp³-hybridized carbons (Fsp3) is 0.500. The standard InChI is InChI=1S/C10H13ClN2S/c1-4-10(2,3)7-5-13-6-8(11)14-9(13)12-7/h5-6H,4H2,1-3H3. The maximum Gasteiger partial charge on any atom is 0.195 e. The predicted molar refractivity (Wildman–Crippen MR) is 61.4 cm³/mol. The van der Waals surface area contributed by atoms with Gasteiger partial charge in [0.05, 0.1) is 5.69 Å². The van der Waals surface area contributed by atoms with Gasteiger partial charge in [-0.2, -0.15) is 0 Å². The molecule has 0 atom stereocenters. The van der Waals surface area contributed by atoms with E-state index in [1.54, 1.807) is 0 Å². The van der Waals surface area contributed by atoms with Gasteiger partial charge in [0.2, 0.25) is 0 Å². The van der Waals surface area contributed by atoms with Crippen LogP contribution in [0, 0.1) is 0 Å². The molecule has 0 N–H and O–H groups in total. The lowest BCUT2D eigenvalue weighted by Crippen LogP contribution is -2.15. The summed E-state index contributed by atoms with van der Waals surface area (Å²) in [7, 11) is 0. The predicted octanol–water partition coefficient (Wildman–Crippen LogP) is 3.74. The van der Waals surface area contributed by atoms with Crippen LogP contribution in [0.25, 0.3) is 4.96 Å². The van der Waals surface area contributed by atoms with Gasteiger partial charge in [0, 0.05) is 17.8 Å². The van der Waals surface area contributed by atoms with Crippen molar-refractivity contribution in [2.45, 2.75) is 32.6 Å². The lowest BCUT2D eigenvalue weighted by molar-refractivity contribution is 0.493. The van der Waals surface area contributed by atoms with Crippen LogP contribution < -0.4 is 0 Å². The molecule has 0 aliphatic rings. The number of rotatable bonds is 2. The van der Waals surface area contributed by atoms with Crippen molar-refractivity contribution in [3.8, 4) is 0 Å². The highest BCUT2D eigenvalue weighted by atomic mass is 35.5. The number of halogens is 1. The first-order chi connectivity index (χ1) is 6.53. The minimum Gasteiger partial charge on any atom is -0.296 e. The van der Waals surface area contributed by atoms with Gasteiger partial charge in [-0.3, -0.25) is 4.40 Å². The second-order valence-electron chi connectivity index (χ2n) is 4.09. The molecule has 0 unspecified atom stereocenters. The largest absolute Gasteiger partial charge is 0.296 e. The average Bonchev–Trinajstić information content (AvgIpc) is 2.61. The molecule has 4 heteroatoms. The molecule has 2 nitrogen and oxygen atoms in total. The third kappa shape index (κ3) is 1.55. The molecular weight excluding hydrogens is 216 g/mol. The lowest BCUT2D eigenvalue weighted by atomic mass is 9.87. The topological polar surface area (TPSA) is 17.3 Å². The first kappa shape index (κ1) is 9.99. The van der Waals surface area contributed by atoms with Crippen LogP contribution in [0.2, 0.25) is 4.34 Å². The van der Waals surface area contributed by atoms with E-state index in [0.717, 1.165) is 21.4 Å². The zero-order chi connectivity index (χ0) is 10.3. The second-order valence-corrected chi connectivity index (χ2v) is 5.73. The molecule has 0 amide bonds. The highest BCUT2D eigenvalue weighted by Gasteiger charge is 2.21. The van der Waals surface area contributed by atoms with Gasteiger partial charge in [-0.15, -0.1) is 0 Å². The molecule has 0 saturated heterocycles.